The average molecular weight is 121 g/mol. The van der Waals surface area contributed by atoms with E-state index in [9.17, 15) is 0 Å². The van der Waals surface area contributed by atoms with Gasteiger partial charge in [-0.05, 0) is 0 Å². The van der Waals surface area contributed by atoms with Gasteiger partial charge < -0.3 is 5.32 Å². The second-order valence-electron chi connectivity index (χ2n) is 1.22. The molecule has 0 aromatic rings. The van der Waals surface area contributed by atoms with E-state index >= 15 is 0 Å². The molecule has 0 aromatic carbocycles. The third kappa shape index (κ3) is 1.06. The fraction of sp³-hybridized carbons (Fsp3) is 1.00. The molecule has 1 aliphatic heterocycles. The number of rotatable bonds is 0. The summed E-state index contributed by atoms with van der Waals surface area (Å²) in [5.41, 5.74) is 0. The van der Waals surface area contributed by atoms with E-state index in [2.05, 4.69) is 17.9 Å². The Morgan fingerprint density at radius 2 is 2.67 bits per heavy atom. The van der Waals surface area contributed by atoms with Gasteiger partial charge in [-0.1, -0.05) is 0 Å². The predicted molar refractivity (Wildman–Crippen MR) is 33.2 cm³/mol. The quantitative estimate of drug-likeness (QED) is 0.454. The lowest BCUT2D eigenvalue weighted by molar-refractivity contribution is 0.871. The van der Waals surface area contributed by atoms with E-state index in [1.165, 1.54) is 0 Å². The molecule has 0 aromatic heterocycles. The maximum absolute atomic E-state index is 4.19. The lowest BCUT2D eigenvalue weighted by Crippen LogP contribution is -2.07. The molecule has 0 bridgehead atoms. The summed E-state index contributed by atoms with van der Waals surface area (Å²) < 4.78 is 0.546. The second kappa shape index (κ2) is 2.09. The molecule has 3 heteroatoms. The van der Waals surface area contributed by atoms with Gasteiger partial charge in [-0.3, -0.25) is 0 Å². The minimum Gasteiger partial charge on any atom is -0.306 e. The average Bonchev–Trinajstić information content (AvgIpc) is 1.86. The Morgan fingerprint density at radius 3 is 2.83 bits per heavy atom. The molecule has 1 saturated heterocycles. The molecule has 0 amide bonds. The normalized spacial score (nSPS) is 34.5. The molecular weight excluding hydrogens is 114 g/mol. The van der Waals surface area contributed by atoms with Crippen LogP contribution in [0.5, 0.6) is 0 Å². The highest BCUT2D eigenvalue weighted by molar-refractivity contribution is 8.10. The maximum Gasteiger partial charge on any atom is 0.0609 e. The first-order valence-electron chi connectivity index (χ1n) is 1.90. The van der Waals surface area contributed by atoms with E-state index in [-0.39, 0.29) is 0 Å². The van der Waals surface area contributed by atoms with Crippen LogP contribution < -0.4 is 5.32 Å². The van der Waals surface area contributed by atoms with E-state index in [0.717, 1.165) is 12.4 Å². The zero-order valence-corrected chi connectivity index (χ0v) is 5.06. The van der Waals surface area contributed by atoms with Crippen LogP contribution in [0.2, 0.25) is 0 Å². The molecule has 0 radical (unpaired) electrons. The third-order valence-electron chi connectivity index (χ3n) is 0.697. The Hall–Kier alpha value is 0.660. The van der Waals surface area contributed by atoms with Crippen LogP contribution in [0.3, 0.4) is 0 Å². The van der Waals surface area contributed by atoms with Crippen LogP contribution in [0.4, 0.5) is 0 Å². The van der Waals surface area contributed by atoms with Crippen LogP contribution in [0.15, 0.2) is 0 Å². The molecule has 6 heavy (non-hydrogen) atoms. The van der Waals surface area contributed by atoms with E-state index in [4.69, 9.17) is 0 Å². The van der Waals surface area contributed by atoms with Gasteiger partial charge in [0.25, 0.3) is 0 Å². The molecule has 1 nitrogen and oxygen atoms in total. The first-order chi connectivity index (χ1) is 2.89. The molecule has 1 fully saturated rings. The summed E-state index contributed by atoms with van der Waals surface area (Å²) in [6.07, 6.45) is 0. The Morgan fingerprint density at radius 1 is 1.83 bits per heavy atom. The predicted octanol–water partition coefficient (Wildman–Crippen LogP) is 0.536. The number of thiol groups is 1. The van der Waals surface area contributed by atoms with Crippen molar-refractivity contribution >= 4 is 24.4 Å². The minimum absolute atomic E-state index is 0.546. The molecule has 0 spiro atoms. The Labute approximate surface area is 47.3 Å². The number of thioether (sulfide) groups is 1. The van der Waals surface area contributed by atoms with Gasteiger partial charge in [0, 0.05) is 12.4 Å². The topological polar surface area (TPSA) is 12.0 Å². The van der Waals surface area contributed by atoms with Gasteiger partial charge in [-0.25, -0.2) is 0 Å². The lowest BCUT2D eigenvalue weighted by Gasteiger charge is -1.89. The van der Waals surface area contributed by atoms with Crippen molar-refractivity contribution in [3.8, 4) is 0 Å². The van der Waals surface area contributed by atoms with Crippen molar-refractivity contribution in [2.24, 2.45) is 0 Å². The molecule has 1 aliphatic rings. The SMILES string of the molecule is SC1CNCS1. The van der Waals surface area contributed by atoms with E-state index in [1.54, 1.807) is 0 Å². The first kappa shape index (κ1) is 4.81. The molecule has 0 saturated carbocycles. The molecule has 1 heterocycles. The summed E-state index contributed by atoms with van der Waals surface area (Å²) in [5.74, 6) is 1.08. The summed E-state index contributed by atoms with van der Waals surface area (Å²) in [7, 11) is 0. The second-order valence-corrected chi connectivity index (χ2v) is 3.38. The van der Waals surface area contributed by atoms with Crippen LogP contribution in [-0.2, 0) is 0 Å². The van der Waals surface area contributed by atoms with E-state index in [0.29, 0.717) is 4.58 Å². The molecular formula is C3H7NS2. The molecule has 1 atom stereocenters. The Kier molecular flexibility index (Phi) is 1.68. The van der Waals surface area contributed by atoms with E-state index in [1.807, 2.05) is 11.8 Å². The van der Waals surface area contributed by atoms with Gasteiger partial charge in [0.1, 0.15) is 0 Å². The largest absolute Gasteiger partial charge is 0.306 e. The van der Waals surface area contributed by atoms with Crippen molar-refractivity contribution in [2.75, 3.05) is 12.4 Å². The molecule has 0 aliphatic carbocycles. The monoisotopic (exact) mass is 121 g/mol. The zero-order valence-electron chi connectivity index (χ0n) is 3.35. The van der Waals surface area contributed by atoms with Crippen molar-refractivity contribution in [2.45, 2.75) is 4.58 Å². The van der Waals surface area contributed by atoms with E-state index < -0.39 is 0 Å². The van der Waals surface area contributed by atoms with Gasteiger partial charge in [-0.2, -0.15) is 12.6 Å². The minimum atomic E-state index is 0.546. The highest BCUT2D eigenvalue weighted by atomic mass is 32.2. The van der Waals surface area contributed by atoms with Crippen molar-refractivity contribution in [3.63, 3.8) is 0 Å². The molecule has 1 N–H and O–H groups in total. The highest BCUT2D eigenvalue weighted by Gasteiger charge is 2.07. The molecule has 1 unspecified atom stereocenters. The fourth-order valence-electron chi connectivity index (χ4n) is 0.396. The van der Waals surface area contributed by atoms with Crippen LogP contribution in [0.1, 0.15) is 0 Å². The van der Waals surface area contributed by atoms with Gasteiger partial charge in [-0.15, -0.1) is 11.8 Å². The molecule has 36 valence electrons. The summed E-state index contributed by atoms with van der Waals surface area (Å²) in [4.78, 5) is 0. The zero-order chi connectivity index (χ0) is 4.41. The van der Waals surface area contributed by atoms with Crippen molar-refractivity contribution < 1.29 is 0 Å². The van der Waals surface area contributed by atoms with Gasteiger partial charge in [0.05, 0.1) is 4.58 Å². The standard InChI is InChI=1S/C3H7NS2/c5-3-1-4-2-6-3/h3-5H,1-2H2. The molecule has 1 rings (SSSR count). The number of nitrogens with one attached hydrogen (secondary N) is 1. The fourth-order valence-corrected chi connectivity index (χ4v) is 1.41. The number of hydrogen-bond acceptors (Lipinski definition) is 3. The summed E-state index contributed by atoms with van der Waals surface area (Å²) >= 11 is 6.04. The van der Waals surface area contributed by atoms with Crippen molar-refractivity contribution in [3.05, 3.63) is 0 Å². The summed E-state index contributed by atoms with van der Waals surface area (Å²) in [6, 6.07) is 0. The Bertz CT molecular complexity index is 42.1. The smallest absolute Gasteiger partial charge is 0.0609 e. The van der Waals surface area contributed by atoms with Crippen LogP contribution in [0, 0.1) is 0 Å². The Balaban J connectivity index is 2.18. The van der Waals surface area contributed by atoms with Crippen LogP contribution in [0.25, 0.3) is 0 Å². The third-order valence-corrected chi connectivity index (χ3v) is 2.25. The number of hydrogen-bond donors (Lipinski definition) is 2. The van der Waals surface area contributed by atoms with Crippen molar-refractivity contribution in [1.29, 1.82) is 0 Å². The summed E-state index contributed by atoms with van der Waals surface area (Å²) in [5, 5.41) is 3.16. The van der Waals surface area contributed by atoms with Crippen LogP contribution >= 0.6 is 24.4 Å². The lowest BCUT2D eigenvalue weighted by atomic mass is 10.8. The summed E-state index contributed by atoms with van der Waals surface area (Å²) in [6.45, 7) is 1.06. The first-order valence-corrected chi connectivity index (χ1v) is 3.46. The highest BCUT2D eigenvalue weighted by Crippen LogP contribution is 2.16. The van der Waals surface area contributed by atoms with Crippen molar-refractivity contribution in [1.82, 2.24) is 5.32 Å². The maximum atomic E-state index is 4.19. The van der Waals surface area contributed by atoms with Gasteiger partial charge in [0.2, 0.25) is 0 Å². The van der Waals surface area contributed by atoms with Gasteiger partial charge in [0.15, 0.2) is 0 Å². The van der Waals surface area contributed by atoms with Crippen LogP contribution in [-0.4, -0.2) is 17.0 Å². The van der Waals surface area contributed by atoms with Gasteiger partial charge >= 0.3 is 0 Å².